The molecule has 2 aromatic carbocycles. The van der Waals surface area contributed by atoms with Crippen LogP contribution in [-0.4, -0.2) is 17.0 Å². The molecule has 1 aliphatic rings. The molecule has 0 aliphatic carbocycles. The molecule has 4 rings (SSSR count). The Bertz CT molecular complexity index is 984. The van der Waals surface area contributed by atoms with Crippen LogP contribution in [0.5, 0.6) is 11.5 Å². The molecule has 0 saturated heterocycles. The summed E-state index contributed by atoms with van der Waals surface area (Å²) in [5.74, 6) is 1.26. The van der Waals surface area contributed by atoms with Crippen molar-refractivity contribution in [1.82, 2.24) is 10.2 Å². The van der Waals surface area contributed by atoms with E-state index in [1.807, 2.05) is 12.1 Å². The third-order valence-electron chi connectivity index (χ3n) is 4.01. The Kier molecular flexibility index (Phi) is 5.70. The highest BCUT2D eigenvalue weighted by Crippen LogP contribution is 2.35. The number of aromatic nitrogens is 2. The van der Waals surface area contributed by atoms with E-state index in [0.29, 0.717) is 22.6 Å². The van der Waals surface area contributed by atoms with Gasteiger partial charge in [0.15, 0.2) is 24.5 Å². The molecule has 1 aromatic heterocycles. The molecule has 1 atom stereocenters. The summed E-state index contributed by atoms with van der Waals surface area (Å²) in [5.41, 5.74) is 1.83. The molecule has 0 bridgehead atoms. The molecule has 0 spiro atoms. The van der Waals surface area contributed by atoms with E-state index in [1.54, 1.807) is 25.1 Å². The van der Waals surface area contributed by atoms with Crippen LogP contribution in [-0.2, 0) is 17.1 Å². The summed E-state index contributed by atoms with van der Waals surface area (Å²) in [7, 11) is 0. The zero-order chi connectivity index (χ0) is 19.5. The summed E-state index contributed by atoms with van der Waals surface area (Å²) < 4.78 is 35.8. The van der Waals surface area contributed by atoms with E-state index in [2.05, 4.69) is 10.2 Å². The summed E-state index contributed by atoms with van der Waals surface area (Å²) in [6.07, 6.45) is -0.585. The van der Waals surface area contributed by atoms with Crippen molar-refractivity contribution in [3.63, 3.8) is 0 Å². The Morgan fingerprint density at radius 1 is 1.29 bits per heavy atom. The molecular formula is C19H16ClFN2O4S. The number of fused-ring (bicyclic) bond motifs is 1. The average Bonchev–Trinajstić information content (AvgIpc) is 3.17. The molecule has 0 N–H and O–H groups in total. The molecule has 0 radical (unpaired) electrons. The van der Waals surface area contributed by atoms with Gasteiger partial charge in [-0.15, -0.1) is 10.2 Å². The summed E-state index contributed by atoms with van der Waals surface area (Å²) in [6.45, 7) is 2.39. The summed E-state index contributed by atoms with van der Waals surface area (Å²) in [4.78, 5) is 0. The molecule has 0 unspecified atom stereocenters. The Morgan fingerprint density at radius 2 is 2.14 bits per heavy atom. The van der Waals surface area contributed by atoms with Gasteiger partial charge >= 0.3 is 0 Å². The average molecular weight is 423 g/mol. The zero-order valence-electron chi connectivity index (χ0n) is 14.9. The predicted octanol–water partition coefficient (Wildman–Crippen LogP) is 5.16. The van der Waals surface area contributed by atoms with Gasteiger partial charge in [-0.25, -0.2) is 4.39 Å². The lowest BCUT2D eigenvalue weighted by molar-refractivity contribution is -0.0168. The van der Waals surface area contributed by atoms with Gasteiger partial charge in [0.05, 0.1) is 6.61 Å². The third-order valence-corrected chi connectivity index (χ3v) is 5.10. The van der Waals surface area contributed by atoms with Crippen LogP contribution in [0.2, 0.25) is 5.02 Å². The van der Waals surface area contributed by atoms with Crippen LogP contribution in [0.3, 0.4) is 0 Å². The minimum Gasteiger partial charge on any atom is -0.478 e. The van der Waals surface area contributed by atoms with Crippen molar-refractivity contribution in [2.45, 2.75) is 30.6 Å². The molecule has 0 saturated carbocycles. The fourth-order valence-electron chi connectivity index (χ4n) is 2.73. The van der Waals surface area contributed by atoms with E-state index >= 15 is 0 Å². The van der Waals surface area contributed by atoms with Crippen molar-refractivity contribution in [2.24, 2.45) is 0 Å². The monoisotopic (exact) mass is 422 g/mol. The third kappa shape index (κ3) is 4.24. The van der Waals surface area contributed by atoms with E-state index in [4.69, 9.17) is 30.2 Å². The lowest BCUT2D eigenvalue weighted by atomic mass is 10.1. The largest absolute Gasteiger partial charge is 0.478 e. The number of hydrogen-bond donors (Lipinski definition) is 0. The summed E-state index contributed by atoms with van der Waals surface area (Å²) >= 11 is 7.53. The molecule has 3 aromatic rings. The summed E-state index contributed by atoms with van der Waals surface area (Å²) in [5, 5.41) is 9.01. The van der Waals surface area contributed by atoms with Gasteiger partial charge in [0.1, 0.15) is 5.75 Å². The van der Waals surface area contributed by atoms with Crippen LogP contribution in [0, 0.1) is 5.82 Å². The number of nitrogens with zero attached hydrogens (tertiary/aromatic N) is 2. The second kappa shape index (κ2) is 8.38. The molecule has 2 heterocycles. The number of para-hydroxylation sites is 1. The smallest absolute Gasteiger partial charge is 0.277 e. The minimum absolute atomic E-state index is 0.132. The Hall–Kier alpha value is -2.29. The number of benzene rings is 2. The lowest BCUT2D eigenvalue weighted by Gasteiger charge is -2.20. The van der Waals surface area contributed by atoms with Crippen molar-refractivity contribution in [2.75, 3.05) is 6.79 Å². The maximum atomic E-state index is 13.7. The van der Waals surface area contributed by atoms with Gasteiger partial charge in [0.25, 0.3) is 11.1 Å². The van der Waals surface area contributed by atoms with Crippen molar-refractivity contribution in [1.29, 1.82) is 0 Å². The lowest BCUT2D eigenvalue weighted by Crippen LogP contribution is -2.12. The highest BCUT2D eigenvalue weighted by molar-refractivity contribution is 7.98. The Morgan fingerprint density at radius 3 is 3.00 bits per heavy atom. The van der Waals surface area contributed by atoms with E-state index in [1.165, 1.54) is 17.8 Å². The van der Waals surface area contributed by atoms with Gasteiger partial charge in [0.2, 0.25) is 0 Å². The van der Waals surface area contributed by atoms with Crippen LogP contribution in [0.25, 0.3) is 0 Å². The molecule has 0 fully saturated rings. The van der Waals surface area contributed by atoms with Crippen molar-refractivity contribution in [3.05, 3.63) is 64.3 Å². The van der Waals surface area contributed by atoms with Crippen LogP contribution < -0.4 is 9.47 Å². The van der Waals surface area contributed by atoms with Crippen LogP contribution in [0.15, 0.2) is 46.0 Å². The molecule has 0 amide bonds. The quantitative estimate of drug-likeness (QED) is 0.508. The van der Waals surface area contributed by atoms with E-state index < -0.39 is 11.9 Å². The second-order valence-electron chi connectivity index (χ2n) is 6.05. The fourth-order valence-corrected chi connectivity index (χ4v) is 3.73. The Balaban J connectivity index is 1.43. The number of rotatable bonds is 6. The van der Waals surface area contributed by atoms with Gasteiger partial charge in [-0.3, -0.25) is 0 Å². The highest BCUT2D eigenvalue weighted by Gasteiger charge is 2.20. The molecule has 9 heteroatoms. The number of hydrogen-bond acceptors (Lipinski definition) is 7. The van der Waals surface area contributed by atoms with Crippen molar-refractivity contribution in [3.8, 4) is 11.5 Å². The zero-order valence-corrected chi connectivity index (χ0v) is 16.4. The number of ether oxygens (including phenoxy) is 3. The maximum Gasteiger partial charge on any atom is 0.277 e. The van der Waals surface area contributed by atoms with Crippen LogP contribution in [0.4, 0.5) is 4.39 Å². The van der Waals surface area contributed by atoms with Gasteiger partial charge < -0.3 is 18.6 Å². The van der Waals surface area contributed by atoms with Crippen molar-refractivity contribution >= 4 is 23.4 Å². The first-order valence-corrected chi connectivity index (χ1v) is 9.85. The van der Waals surface area contributed by atoms with Gasteiger partial charge in [0, 0.05) is 21.9 Å². The standard InChI is InChI=1S/C19H16ClFN2O4S/c1-11(26-16-5-3-2-4-15(16)21)18-22-23-19(27-18)28-9-13-7-14(20)6-12-8-24-10-25-17(12)13/h2-7,11H,8-10H2,1H3/t11-/m0/s1. The first kappa shape index (κ1) is 19.0. The molecular weight excluding hydrogens is 407 g/mol. The minimum atomic E-state index is -0.585. The number of thioether (sulfide) groups is 1. The topological polar surface area (TPSA) is 66.6 Å². The van der Waals surface area contributed by atoms with E-state index in [-0.39, 0.29) is 18.4 Å². The first-order chi connectivity index (χ1) is 13.6. The first-order valence-electron chi connectivity index (χ1n) is 8.49. The van der Waals surface area contributed by atoms with Gasteiger partial charge in [-0.2, -0.15) is 0 Å². The predicted molar refractivity (Wildman–Crippen MR) is 101 cm³/mol. The Labute approximate surface area is 169 Å². The van der Waals surface area contributed by atoms with E-state index in [0.717, 1.165) is 16.9 Å². The van der Waals surface area contributed by atoms with Crippen LogP contribution in [0.1, 0.15) is 30.0 Å². The SMILES string of the molecule is C[C@H](Oc1ccccc1F)c1nnc(SCc2cc(Cl)cc3c2OCOC3)o1. The van der Waals surface area contributed by atoms with Gasteiger partial charge in [-0.1, -0.05) is 35.5 Å². The van der Waals surface area contributed by atoms with Crippen molar-refractivity contribution < 1.29 is 23.0 Å². The number of halogens is 2. The van der Waals surface area contributed by atoms with E-state index in [9.17, 15) is 4.39 Å². The normalized spacial score (nSPS) is 14.2. The molecule has 1 aliphatic heterocycles. The second-order valence-corrected chi connectivity index (χ2v) is 7.41. The fraction of sp³-hybridized carbons (Fsp3) is 0.263. The summed E-state index contributed by atoms with van der Waals surface area (Å²) in [6, 6.07) is 9.84. The highest BCUT2D eigenvalue weighted by atomic mass is 35.5. The molecule has 6 nitrogen and oxygen atoms in total. The van der Waals surface area contributed by atoms with Gasteiger partial charge in [-0.05, 0) is 31.2 Å². The maximum absolute atomic E-state index is 13.7. The van der Waals surface area contributed by atoms with Crippen LogP contribution >= 0.6 is 23.4 Å². The molecule has 146 valence electrons. The molecule has 28 heavy (non-hydrogen) atoms.